The number of amides is 3. The lowest BCUT2D eigenvalue weighted by atomic mass is 9.72. The summed E-state index contributed by atoms with van der Waals surface area (Å²) in [6.45, 7) is -0.373. The minimum Gasteiger partial charge on any atom is -0.481 e. The maximum Gasteiger partial charge on any atom is 0.328 e. The Labute approximate surface area is 193 Å². The fraction of sp³-hybridized carbons (Fsp3) is 0.524. The zero-order valence-electron chi connectivity index (χ0n) is 17.0. The topological polar surface area (TPSA) is 145 Å². The Hall–Kier alpha value is -2.52. The lowest BCUT2D eigenvalue weighted by molar-refractivity contribution is -0.151. The molecule has 5 N–H and O–H groups in total. The average Bonchev–Trinajstić information content (AvgIpc) is 3.07. The van der Waals surface area contributed by atoms with Crippen molar-refractivity contribution < 1.29 is 29.4 Å². The summed E-state index contributed by atoms with van der Waals surface area (Å²) in [6, 6.07) is 2.45. The Bertz CT molecular complexity index is 983. The Morgan fingerprint density at radius 1 is 1.09 bits per heavy atom. The van der Waals surface area contributed by atoms with Crippen LogP contribution in [0, 0.1) is 17.3 Å². The van der Waals surface area contributed by atoms with Crippen molar-refractivity contribution in [2.75, 3.05) is 6.54 Å². The lowest BCUT2D eigenvalue weighted by Crippen LogP contribution is -2.57. The molecule has 0 radical (unpaired) electrons. The van der Waals surface area contributed by atoms with E-state index in [2.05, 4.69) is 16.0 Å². The maximum atomic E-state index is 12.6. The van der Waals surface area contributed by atoms with Crippen molar-refractivity contribution in [1.82, 2.24) is 16.0 Å². The molecule has 3 amide bonds. The predicted octanol–water partition coefficient (Wildman–Crippen LogP) is 2.51. The van der Waals surface area contributed by atoms with E-state index in [-0.39, 0.29) is 34.0 Å². The average molecular weight is 484 g/mol. The van der Waals surface area contributed by atoms with Gasteiger partial charge in [-0.3, -0.25) is 9.59 Å². The molecule has 0 heterocycles. The van der Waals surface area contributed by atoms with Crippen LogP contribution in [0.4, 0.5) is 4.79 Å². The van der Waals surface area contributed by atoms with Gasteiger partial charge < -0.3 is 26.2 Å². The Morgan fingerprint density at radius 3 is 2.38 bits per heavy atom. The SMILES string of the molecule is O=C(NC[C@H](NC(=O)c1c(Cl)cccc1Cl)C(=O)O)NC12CC3CC(C1)C(C(=O)O)(C3)C2. The summed E-state index contributed by atoms with van der Waals surface area (Å²) in [5.74, 6) is -2.61. The van der Waals surface area contributed by atoms with Crippen molar-refractivity contribution in [3.8, 4) is 0 Å². The molecule has 4 aliphatic rings. The Morgan fingerprint density at radius 2 is 1.78 bits per heavy atom. The van der Waals surface area contributed by atoms with Crippen molar-refractivity contribution >= 4 is 47.1 Å². The largest absolute Gasteiger partial charge is 0.481 e. The van der Waals surface area contributed by atoms with E-state index in [1.54, 1.807) is 6.07 Å². The number of urea groups is 1. The molecule has 1 aromatic carbocycles. The van der Waals surface area contributed by atoms with Crippen LogP contribution in [0.1, 0.15) is 42.5 Å². The van der Waals surface area contributed by atoms with Gasteiger partial charge in [-0.05, 0) is 56.1 Å². The summed E-state index contributed by atoms with van der Waals surface area (Å²) in [4.78, 5) is 48.6. The van der Waals surface area contributed by atoms with Crippen molar-refractivity contribution in [2.45, 2.75) is 43.7 Å². The third-order valence-electron chi connectivity index (χ3n) is 7.09. The molecule has 0 saturated heterocycles. The summed E-state index contributed by atoms with van der Waals surface area (Å²) in [7, 11) is 0. The number of carboxylic acid groups (broad SMARTS) is 2. The van der Waals surface area contributed by atoms with Crippen molar-refractivity contribution in [1.29, 1.82) is 0 Å². The molecule has 5 atom stereocenters. The van der Waals surface area contributed by atoms with Gasteiger partial charge in [0.2, 0.25) is 0 Å². The molecule has 0 aromatic heterocycles. The van der Waals surface area contributed by atoms with Crippen LogP contribution < -0.4 is 16.0 Å². The van der Waals surface area contributed by atoms with Crippen LogP contribution in [0.2, 0.25) is 10.0 Å². The summed E-state index contributed by atoms with van der Waals surface area (Å²) in [5.41, 5.74) is -1.42. The number of halogens is 2. The highest BCUT2D eigenvalue weighted by atomic mass is 35.5. The summed E-state index contributed by atoms with van der Waals surface area (Å²) >= 11 is 12.0. The van der Waals surface area contributed by atoms with Gasteiger partial charge in [-0.2, -0.15) is 0 Å². The second kappa shape index (κ2) is 8.12. The molecular weight excluding hydrogens is 461 g/mol. The molecule has 11 heteroatoms. The molecule has 32 heavy (non-hydrogen) atoms. The number of carbonyl (C=O) groups is 4. The van der Waals surface area contributed by atoms with Gasteiger partial charge in [0.15, 0.2) is 0 Å². The molecular formula is C21H23Cl2N3O6. The van der Waals surface area contributed by atoms with Gasteiger partial charge in [-0.1, -0.05) is 29.3 Å². The Kier molecular flexibility index (Phi) is 5.75. The number of hydrogen-bond donors (Lipinski definition) is 5. The zero-order valence-corrected chi connectivity index (χ0v) is 18.5. The molecule has 9 nitrogen and oxygen atoms in total. The van der Waals surface area contributed by atoms with E-state index in [0.29, 0.717) is 19.3 Å². The number of carboxylic acids is 2. The summed E-state index contributed by atoms with van der Waals surface area (Å²) in [5, 5.41) is 27.1. The normalized spacial score (nSPS) is 30.6. The van der Waals surface area contributed by atoms with Gasteiger partial charge in [0.1, 0.15) is 6.04 Å². The van der Waals surface area contributed by atoms with E-state index >= 15 is 0 Å². The highest BCUT2D eigenvalue weighted by Crippen LogP contribution is 2.66. The zero-order chi connectivity index (χ0) is 23.3. The van der Waals surface area contributed by atoms with Gasteiger partial charge in [0, 0.05) is 5.54 Å². The van der Waals surface area contributed by atoms with E-state index in [9.17, 15) is 29.4 Å². The third-order valence-corrected chi connectivity index (χ3v) is 7.72. The van der Waals surface area contributed by atoms with Crippen LogP contribution in [0.15, 0.2) is 18.2 Å². The standard InChI is InChI=1S/C21H23Cl2N3O6/c22-12-2-1-3-13(23)15(12)16(27)25-14(17(28)29)8-24-19(32)26-20-5-10-4-11(7-20)21(6-10,9-20)18(30)31/h1-3,10-11,14H,4-9H2,(H,25,27)(H,28,29)(H,30,31)(H2,24,26,32)/t10?,11?,14-,20?,21?/m0/s1. The first-order chi connectivity index (χ1) is 15.0. The molecule has 172 valence electrons. The number of carbonyl (C=O) groups excluding carboxylic acids is 2. The first kappa shape index (κ1) is 22.7. The quantitative estimate of drug-likeness (QED) is 0.402. The van der Waals surface area contributed by atoms with E-state index < -0.39 is 40.9 Å². The van der Waals surface area contributed by atoms with Gasteiger partial charge in [-0.25, -0.2) is 9.59 Å². The molecule has 0 aliphatic heterocycles. The molecule has 5 rings (SSSR count). The van der Waals surface area contributed by atoms with Gasteiger partial charge >= 0.3 is 18.0 Å². The molecule has 1 aromatic rings. The minimum atomic E-state index is -1.42. The number of nitrogens with one attached hydrogen (secondary N) is 3. The summed E-state index contributed by atoms with van der Waals surface area (Å²) in [6.07, 6.45) is 3.22. The van der Waals surface area contributed by atoms with E-state index in [1.807, 2.05) is 0 Å². The Balaban J connectivity index is 1.37. The maximum absolute atomic E-state index is 12.6. The molecule has 4 saturated carbocycles. The number of benzene rings is 1. The molecule has 4 unspecified atom stereocenters. The second-order valence-corrected chi connectivity index (χ2v) is 9.94. The van der Waals surface area contributed by atoms with Crippen molar-refractivity contribution in [3.63, 3.8) is 0 Å². The third kappa shape index (κ3) is 3.88. The van der Waals surface area contributed by atoms with Crippen molar-refractivity contribution in [2.24, 2.45) is 17.3 Å². The first-order valence-corrected chi connectivity index (χ1v) is 11.1. The number of hydrogen-bond acceptors (Lipinski definition) is 4. The minimum absolute atomic E-state index is 0.0467. The number of rotatable bonds is 7. The first-order valence-electron chi connectivity index (χ1n) is 10.3. The van der Waals surface area contributed by atoms with E-state index in [1.165, 1.54) is 12.1 Å². The van der Waals surface area contributed by atoms with E-state index in [0.717, 1.165) is 12.8 Å². The lowest BCUT2D eigenvalue weighted by Gasteiger charge is -2.40. The van der Waals surface area contributed by atoms with Gasteiger partial charge in [0.25, 0.3) is 5.91 Å². The van der Waals surface area contributed by atoms with Gasteiger partial charge in [0.05, 0.1) is 27.6 Å². The highest BCUT2D eigenvalue weighted by Gasteiger charge is 2.67. The second-order valence-electron chi connectivity index (χ2n) is 9.13. The molecule has 4 fully saturated rings. The fourth-order valence-corrected chi connectivity index (χ4v) is 6.58. The molecule has 4 bridgehead atoms. The van der Waals surface area contributed by atoms with Crippen LogP contribution in [0.25, 0.3) is 0 Å². The van der Waals surface area contributed by atoms with Crippen LogP contribution >= 0.6 is 23.2 Å². The van der Waals surface area contributed by atoms with Gasteiger partial charge in [-0.15, -0.1) is 0 Å². The van der Waals surface area contributed by atoms with Crippen LogP contribution in [0.3, 0.4) is 0 Å². The number of aliphatic carboxylic acids is 2. The van der Waals surface area contributed by atoms with Crippen LogP contribution in [-0.4, -0.2) is 52.2 Å². The van der Waals surface area contributed by atoms with Crippen LogP contribution in [0.5, 0.6) is 0 Å². The highest BCUT2D eigenvalue weighted by molar-refractivity contribution is 6.39. The monoisotopic (exact) mass is 483 g/mol. The molecule has 4 aliphatic carbocycles. The smallest absolute Gasteiger partial charge is 0.328 e. The predicted molar refractivity (Wildman–Crippen MR) is 115 cm³/mol. The summed E-state index contributed by atoms with van der Waals surface area (Å²) < 4.78 is 0. The van der Waals surface area contributed by atoms with E-state index in [4.69, 9.17) is 23.2 Å². The fourth-order valence-electron chi connectivity index (χ4n) is 6.01. The van der Waals surface area contributed by atoms with Crippen LogP contribution in [-0.2, 0) is 9.59 Å². The molecule has 0 spiro atoms. The van der Waals surface area contributed by atoms with Crippen molar-refractivity contribution in [3.05, 3.63) is 33.8 Å².